The van der Waals surface area contributed by atoms with Crippen molar-refractivity contribution in [1.82, 2.24) is 4.90 Å². The summed E-state index contributed by atoms with van der Waals surface area (Å²) >= 11 is 0. The number of likely N-dealkylation sites (tertiary alicyclic amines) is 1. The molecule has 4 nitrogen and oxygen atoms in total. The van der Waals surface area contributed by atoms with E-state index in [1.165, 1.54) is 24.3 Å². The Morgan fingerprint density at radius 1 is 0.903 bits per heavy atom. The van der Waals surface area contributed by atoms with Gasteiger partial charge in [0.1, 0.15) is 5.76 Å². The average molecular weight is 427 g/mol. The Labute approximate surface area is 177 Å². The van der Waals surface area contributed by atoms with E-state index in [0.29, 0.717) is 31.5 Å². The molecule has 1 aliphatic heterocycles. The molecule has 4 rings (SSSR count). The second-order valence-corrected chi connectivity index (χ2v) is 7.54. The zero-order valence-electron chi connectivity index (χ0n) is 16.6. The Balaban J connectivity index is 1.42. The van der Waals surface area contributed by atoms with Crippen LogP contribution in [0.2, 0.25) is 0 Å². The van der Waals surface area contributed by atoms with Crippen molar-refractivity contribution in [3.8, 4) is 11.3 Å². The van der Waals surface area contributed by atoms with E-state index in [0.717, 1.165) is 12.1 Å². The van der Waals surface area contributed by atoms with Gasteiger partial charge >= 0.3 is 6.18 Å². The summed E-state index contributed by atoms with van der Waals surface area (Å²) in [4.78, 5) is 27.0. The van der Waals surface area contributed by atoms with Gasteiger partial charge in [-0.05, 0) is 37.1 Å². The normalized spacial score (nSPS) is 15.1. The molecule has 1 amide bonds. The predicted octanol–water partition coefficient (Wildman–Crippen LogP) is 5.70. The zero-order valence-corrected chi connectivity index (χ0v) is 16.6. The third kappa shape index (κ3) is 4.55. The number of nitrogens with zero attached hydrogens (tertiary/aromatic N) is 1. The van der Waals surface area contributed by atoms with Gasteiger partial charge in [-0.1, -0.05) is 42.5 Å². The van der Waals surface area contributed by atoms with Gasteiger partial charge in [-0.3, -0.25) is 9.59 Å². The van der Waals surface area contributed by atoms with Crippen molar-refractivity contribution in [2.75, 3.05) is 13.1 Å². The highest BCUT2D eigenvalue weighted by molar-refractivity contribution is 5.98. The van der Waals surface area contributed by atoms with Gasteiger partial charge in [0.15, 0.2) is 11.5 Å². The monoisotopic (exact) mass is 427 g/mol. The molecule has 1 aliphatic rings. The van der Waals surface area contributed by atoms with Crippen LogP contribution in [0.4, 0.5) is 13.2 Å². The van der Waals surface area contributed by atoms with Crippen LogP contribution in [0.15, 0.2) is 71.1 Å². The first-order valence-corrected chi connectivity index (χ1v) is 9.99. The summed E-state index contributed by atoms with van der Waals surface area (Å²) in [5, 5.41) is 0. The molecular weight excluding hydrogens is 407 g/mol. The number of furan rings is 1. The lowest BCUT2D eigenvalue weighted by molar-refractivity contribution is -0.137. The lowest BCUT2D eigenvalue weighted by Gasteiger charge is -2.30. The van der Waals surface area contributed by atoms with Crippen LogP contribution < -0.4 is 0 Å². The third-order valence-corrected chi connectivity index (χ3v) is 5.50. The number of hydrogen-bond donors (Lipinski definition) is 0. The van der Waals surface area contributed by atoms with Gasteiger partial charge in [-0.15, -0.1) is 0 Å². The molecule has 0 aliphatic carbocycles. The molecule has 0 spiro atoms. The van der Waals surface area contributed by atoms with Crippen molar-refractivity contribution in [3.05, 3.63) is 83.6 Å². The molecule has 31 heavy (non-hydrogen) atoms. The SMILES string of the molecule is O=C(c1ccccc1)C1CCN(C(=O)c2ccc(-c3cccc(C(F)(F)F)c3)o2)CC1. The quantitative estimate of drug-likeness (QED) is 0.502. The highest BCUT2D eigenvalue weighted by Crippen LogP contribution is 2.33. The Morgan fingerprint density at radius 3 is 2.29 bits per heavy atom. The van der Waals surface area contributed by atoms with Gasteiger partial charge in [0.05, 0.1) is 5.56 Å². The number of alkyl halides is 3. The lowest BCUT2D eigenvalue weighted by atomic mass is 9.89. The Bertz CT molecular complexity index is 1080. The van der Waals surface area contributed by atoms with E-state index >= 15 is 0 Å². The zero-order chi connectivity index (χ0) is 22.0. The summed E-state index contributed by atoms with van der Waals surface area (Å²) < 4.78 is 44.4. The minimum absolute atomic E-state index is 0.0697. The van der Waals surface area contributed by atoms with E-state index in [2.05, 4.69) is 0 Å². The standard InChI is InChI=1S/C24H20F3NO3/c25-24(26,27)19-8-4-7-18(15-19)20-9-10-21(31-20)23(30)28-13-11-17(12-14-28)22(29)16-5-2-1-3-6-16/h1-10,15,17H,11-14H2. The second-order valence-electron chi connectivity index (χ2n) is 7.54. The third-order valence-electron chi connectivity index (χ3n) is 5.50. The summed E-state index contributed by atoms with van der Waals surface area (Å²) in [6, 6.07) is 16.8. The Kier molecular flexibility index (Phi) is 5.67. The summed E-state index contributed by atoms with van der Waals surface area (Å²) in [6.07, 6.45) is -3.34. The largest absolute Gasteiger partial charge is 0.451 e. The van der Waals surface area contributed by atoms with Crippen LogP contribution in [0.3, 0.4) is 0 Å². The maximum absolute atomic E-state index is 12.9. The van der Waals surface area contributed by atoms with Crippen molar-refractivity contribution in [3.63, 3.8) is 0 Å². The number of carbonyl (C=O) groups is 2. The van der Waals surface area contributed by atoms with Gasteiger partial charge in [-0.2, -0.15) is 13.2 Å². The van der Waals surface area contributed by atoms with Crippen LogP contribution in [0.25, 0.3) is 11.3 Å². The fourth-order valence-corrected chi connectivity index (χ4v) is 3.80. The number of piperidine rings is 1. The average Bonchev–Trinajstić information content (AvgIpc) is 3.29. The first kappa shape index (κ1) is 20.9. The fraction of sp³-hybridized carbons (Fsp3) is 0.250. The van der Waals surface area contributed by atoms with Crippen LogP contribution in [0.5, 0.6) is 0 Å². The van der Waals surface area contributed by atoms with Crippen molar-refractivity contribution < 1.29 is 27.2 Å². The number of ketones is 1. The highest BCUT2D eigenvalue weighted by atomic mass is 19.4. The maximum Gasteiger partial charge on any atom is 0.416 e. The predicted molar refractivity (Wildman–Crippen MR) is 109 cm³/mol. The van der Waals surface area contributed by atoms with Crippen LogP contribution in [0, 0.1) is 5.92 Å². The van der Waals surface area contributed by atoms with E-state index in [1.54, 1.807) is 17.0 Å². The van der Waals surface area contributed by atoms with Gasteiger partial charge in [0.25, 0.3) is 5.91 Å². The molecule has 0 atom stereocenters. The van der Waals surface area contributed by atoms with E-state index in [-0.39, 0.29) is 34.7 Å². The molecule has 0 saturated carbocycles. The number of halogens is 3. The van der Waals surface area contributed by atoms with Gasteiger partial charge < -0.3 is 9.32 Å². The number of hydrogen-bond acceptors (Lipinski definition) is 3. The number of carbonyl (C=O) groups excluding carboxylic acids is 2. The molecule has 2 heterocycles. The molecule has 1 aromatic heterocycles. The topological polar surface area (TPSA) is 50.5 Å². The summed E-state index contributed by atoms with van der Waals surface area (Å²) in [5.41, 5.74) is 0.143. The van der Waals surface area contributed by atoms with Gasteiger partial charge in [-0.25, -0.2) is 0 Å². The van der Waals surface area contributed by atoms with Crippen molar-refractivity contribution in [2.45, 2.75) is 19.0 Å². The van der Waals surface area contributed by atoms with Gasteiger partial charge in [0, 0.05) is 30.1 Å². The maximum atomic E-state index is 12.9. The molecular formula is C24H20F3NO3. The first-order chi connectivity index (χ1) is 14.8. The Morgan fingerprint density at radius 2 is 1.61 bits per heavy atom. The minimum Gasteiger partial charge on any atom is -0.451 e. The fourth-order valence-electron chi connectivity index (χ4n) is 3.80. The highest BCUT2D eigenvalue weighted by Gasteiger charge is 2.31. The number of rotatable bonds is 4. The van der Waals surface area contributed by atoms with E-state index in [1.807, 2.05) is 18.2 Å². The molecule has 3 aromatic rings. The van der Waals surface area contributed by atoms with Crippen molar-refractivity contribution >= 4 is 11.7 Å². The molecule has 0 N–H and O–H groups in total. The van der Waals surface area contributed by atoms with Crippen molar-refractivity contribution in [2.24, 2.45) is 5.92 Å². The smallest absolute Gasteiger partial charge is 0.416 e. The molecule has 0 radical (unpaired) electrons. The molecule has 2 aromatic carbocycles. The Hall–Kier alpha value is -3.35. The molecule has 1 fully saturated rings. The second kappa shape index (κ2) is 8.41. The van der Waals surface area contributed by atoms with E-state index in [4.69, 9.17) is 4.42 Å². The number of benzene rings is 2. The molecule has 7 heteroatoms. The number of Topliss-reactive ketones (excluding diaryl/α,β-unsaturated/α-hetero) is 1. The molecule has 0 unspecified atom stereocenters. The van der Waals surface area contributed by atoms with Gasteiger partial charge in [0.2, 0.25) is 0 Å². The van der Waals surface area contributed by atoms with E-state index in [9.17, 15) is 22.8 Å². The van der Waals surface area contributed by atoms with Crippen LogP contribution in [-0.2, 0) is 6.18 Å². The summed E-state index contributed by atoms with van der Waals surface area (Å²) in [6.45, 7) is 0.837. The summed E-state index contributed by atoms with van der Waals surface area (Å²) in [7, 11) is 0. The van der Waals surface area contributed by atoms with Crippen LogP contribution >= 0.6 is 0 Å². The molecule has 160 valence electrons. The first-order valence-electron chi connectivity index (χ1n) is 9.99. The van der Waals surface area contributed by atoms with E-state index < -0.39 is 11.7 Å². The minimum atomic E-state index is -4.46. The molecule has 0 bridgehead atoms. The van der Waals surface area contributed by atoms with Crippen LogP contribution in [0.1, 0.15) is 39.3 Å². The van der Waals surface area contributed by atoms with Crippen molar-refractivity contribution in [1.29, 1.82) is 0 Å². The molecule has 1 saturated heterocycles. The number of amides is 1. The van der Waals surface area contributed by atoms with Crippen LogP contribution in [-0.4, -0.2) is 29.7 Å². The lowest BCUT2D eigenvalue weighted by Crippen LogP contribution is -2.40. The summed E-state index contributed by atoms with van der Waals surface area (Å²) in [5.74, 6) is -0.117.